The number of carbonyl (C=O) groups excluding carboxylic acids is 2. The lowest BCUT2D eigenvalue weighted by atomic mass is 9.87. The molecule has 3 N–H and O–H groups in total. The van der Waals surface area contributed by atoms with Gasteiger partial charge in [0.1, 0.15) is 6.54 Å². The van der Waals surface area contributed by atoms with Crippen LogP contribution in [0, 0.1) is 0 Å². The molecule has 4 heteroatoms. The van der Waals surface area contributed by atoms with Crippen molar-refractivity contribution in [1.29, 1.82) is 0 Å². The lowest BCUT2D eigenvalue weighted by molar-refractivity contribution is -0.385. The molecule has 0 bridgehead atoms. The Morgan fingerprint density at radius 3 is 2.12 bits per heavy atom. The Morgan fingerprint density at radius 2 is 1.58 bits per heavy atom. The van der Waals surface area contributed by atoms with Gasteiger partial charge < -0.3 is 10.5 Å². The summed E-state index contributed by atoms with van der Waals surface area (Å²) in [6.45, 7) is 2.18. The fourth-order valence-corrected chi connectivity index (χ4v) is 2.70. The van der Waals surface area contributed by atoms with Crippen molar-refractivity contribution in [3.63, 3.8) is 0 Å². The Hall–Kier alpha value is -2.46. The molecule has 2 atom stereocenters. The largest absolute Gasteiger partial charge is 0.456 e. The lowest BCUT2D eigenvalue weighted by Gasteiger charge is -2.24. The molecule has 0 radical (unpaired) electrons. The number of rotatable bonds is 8. The van der Waals surface area contributed by atoms with Gasteiger partial charge in [0, 0.05) is 24.3 Å². The Morgan fingerprint density at radius 1 is 1.00 bits per heavy atom. The summed E-state index contributed by atoms with van der Waals surface area (Å²) >= 11 is 0. The molecule has 0 spiro atoms. The molecule has 0 aliphatic rings. The number of hydrogen-bond donors (Lipinski definition) is 1. The van der Waals surface area contributed by atoms with E-state index in [1.807, 2.05) is 60.7 Å². The molecule has 0 saturated heterocycles. The Balaban J connectivity index is 2.25. The SMILES string of the molecule is CCC(=O)OC(C[NH3+])C(CC(=O)c1ccccc1)c1ccccc1. The van der Waals surface area contributed by atoms with Crippen LogP contribution in [0.15, 0.2) is 60.7 Å². The molecule has 2 rings (SSSR count). The Labute approximate surface area is 142 Å². The lowest BCUT2D eigenvalue weighted by Crippen LogP contribution is -2.58. The predicted octanol–water partition coefficient (Wildman–Crippen LogP) is 2.61. The van der Waals surface area contributed by atoms with Gasteiger partial charge in [0.25, 0.3) is 0 Å². The molecule has 24 heavy (non-hydrogen) atoms. The number of ketones is 1. The van der Waals surface area contributed by atoms with E-state index in [1.54, 1.807) is 6.92 Å². The number of Topliss-reactive ketones (excluding diaryl/α,β-unsaturated/α-hetero) is 1. The monoisotopic (exact) mass is 326 g/mol. The van der Waals surface area contributed by atoms with Crippen molar-refractivity contribution >= 4 is 11.8 Å². The number of benzene rings is 2. The van der Waals surface area contributed by atoms with Crippen molar-refractivity contribution in [3.05, 3.63) is 71.8 Å². The molecule has 4 nitrogen and oxygen atoms in total. The zero-order valence-electron chi connectivity index (χ0n) is 14.0. The number of quaternary nitrogens is 1. The summed E-state index contributed by atoms with van der Waals surface area (Å²) in [4.78, 5) is 24.4. The molecule has 126 valence electrons. The Kier molecular flexibility index (Phi) is 6.70. The van der Waals surface area contributed by atoms with E-state index < -0.39 is 6.10 Å². The summed E-state index contributed by atoms with van der Waals surface area (Å²) in [5, 5.41) is 0. The fourth-order valence-electron chi connectivity index (χ4n) is 2.70. The van der Waals surface area contributed by atoms with Gasteiger partial charge in [0.05, 0.1) is 0 Å². The van der Waals surface area contributed by atoms with Gasteiger partial charge in [-0.15, -0.1) is 0 Å². The predicted molar refractivity (Wildman–Crippen MR) is 92.5 cm³/mol. The molecule has 2 unspecified atom stereocenters. The highest BCUT2D eigenvalue weighted by Crippen LogP contribution is 2.27. The molecule has 0 aromatic heterocycles. The summed E-state index contributed by atoms with van der Waals surface area (Å²) in [6, 6.07) is 18.9. The van der Waals surface area contributed by atoms with E-state index in [0.29, 0.717) is 18.5 Å². The van der Waals surface area contributed by atoms with Crippen molar-refractivity contribution in [2.24, 2.45) is 0 Å². The van der Waals surface area contributed by atoms with Crippen LogP contribution in [-0.2, 0) is 9.53 Å². The highest BCUT2D eigenvalue weighted by Gasteiger charge is 2.29. The summed E-state index contributed by atoms with van der Waals surface area (Å²) in [5.74, 6) is -0.431. The summed E-state index contributed by atoms with van der Waals surface area (Å²) in [7, 11) is 0. The second-order valence-corrected chi connectivity index (χ2v) is 5.68. The number of hydrogen-bond acceptors (Lipinski definition) is 3. The van der Waals surface area contributed by atoms with Crippen LogP contribution in [0.1, 0.15) is 41.6 Å². The second-order valence-electron chi connectivity index (χ2n) is 5.68. The normalized spacial score (nSPS) is 13.1. The van der Waals surface area contributed by atoms with E-state index >= 15 is 0 Å². The molecule has 2 aromatic carbocycles. The quantitative estimate of drug-likeness (QED) is 0.599. The first-order valence-electron chi connectivity index (χ1n) is 8.27. The van der Waals surface area contributed by atoms with E-state index in [4.69, 9.17) is 4.74 Å². The molecule has 0 aliphatic carbocycles. The Bertz CT molecular complexity index is 655. The van der Waals surface area contributed by atoms with E-state index in [1.165, 1.54) is 0 Å². The van der Waals surface area contributed by atoms with Crippen LogP contribution in [-0.4, -0.2) is 24.4 Å². The first-order chi connectivity index (χ1) is 11.7. The maximum Gasteiger partial charge on any atom is 0.306 e. The third-order valence-electron chi connectivity index (χ3n) is 4.03. The summed E-state index contributed by atoms with van der Waals surface area (Å²) in [5.41, 5.74) is 5.57. The molecule has 0 saturated carbocycles. The number of ether oxygens (including phenoxy) is 1. The van der Waals surface area contributed by atoms with Gasteiger partial charge in [-0.05, 0) is 5.56 Å². The number of carbonyl (C=O) groups is 2. The molecular formula is C20H24NO3+. The molecule has 0 amide bonds. The van der Waals surface area contributed by atoms with Crippen LogP contribution in [0.3, 0.4) is 0 Å². The smallest absolute Gasteiger partial charge is 0.306 e. The van der Waals surface area contributed by atoms with Crippen molar-refractivity contribution in [2.75, 3.05) is 6.54 Å². The topological polar surface area (TPSA) is 71.0 Å². The van der Waals surface area contributed by atoms with Crippen molar-refractivity contribution in [2.45, 2.75) is 31.8 Å². The first-order valence-corrected chi connectivity index (χ1v) is 8.27. The highest BCUT2D eigenvalue weighted by molar-refractivity contribution is 5.96. The van der Waals surface area contributed by atoms with Gasteiger partial charge in [0.2, 0.25) is 0 Å². The zero-order valence-corrected chi connectivity index (χ0v) is 14.0. The van der Waals surface area contributed by atoms with Crippen LogP contribution < -0.4 is 5.73 Å². The van der Waals surface area contributed by atoms with Crippen molar-refractivity contribution < 1.29 is 20.1 Å². The minimum Gasteiger partial charge on any atom is -0.456 e. The van der Waals surface area contributed by atoms with E-state index in [-0.39, 0.29) is 24.1 Å². The first kappa shape index (κ1) is 17.9. The maximum absolute atomic E-state index is 12.6. The standard InChI is InChI=1S/C20H23NO3/c1-2-20(23)24-19(14-21)17(15-9-5-3-6-10-15)13-18(22)16-11-7-4-8-12-16/h3-12,17,19H,2,13-14,21H2,1H3/p+1. The van der Waals surface area contributed by atoms with E-state index in [0.717, 1.165) is 5.56 Å². The van der Waals surface area contributed by atoms with Crippen molar-refractivity contribution in [1.82, 2.24) is 0 Å². The summed E-state index contributed by atoms with van der Waals surface area (Å²) in [6.07, 6.45) is 0.183. The van der Waals surface area contributed by atoms with Gasteiger partial charge in [-0.1, -0.05) is 67.6 Å². The highest BCUT2D eigenvalue weighted by atomic mass is 16.5. The third-order valence-corrected chi connectivity index (χ3v) is 4.03. The molecule has 0 heterocycles. The van der Waals surface area contributed by atoms with Crippen LogP contribution in [0.2, 0.25) is 0 Å². The van der Waals surface area contributed by atoms with Gasteiger partial charge in [0.15, 0.2) is 11.9 Å². The van der Waals surface area contributed by atoms with Gasteiger partial charge >= 0.3 is 5.97 Å². The number of esters is 1. The molecule has 0 fully saturated rings. The fraction of sp³-hybridized carbons (Fsp3) is 0.300. The third kappa shape index (κ3) is 4.77. The average molecular weight is 326 g/mol. The minimum atomic E-state index is -0.410. The van der Waals surface area contributed by atoms with E-state index in [2.05, 4.69) is 5.73 Å². The van der Waals surface area contributed by atoms with Gasteiger partial charge in [-0.25, -0.2) is 0 Å². The molecule has 2 aromatic rings. The molecule has 0 aliphatic heterocycles. The van der Waals surface area contributed by atoms with Crippen molar-refractivity contribution in [3.8, 4) is 0 Å². The van der Waals surface area contributed by atoms with Crippen LogP contribution in [0.5, 0.6) is 0 Å². The zero-order chi connectivity index (χ0) is 17.4. The van der Waals surface area contributed by atoms with Crippen LogP contribution in [0.25, 0.3) is 0 Å². The second kappa shape index (κ2) is 8.99. The molecular weight excluding hydrogens is 302 g/mol. The van der Waals surface area contributed by atoms with Gasteiger partial charge in [-0.3, -0.25) is 9.59 Å². The van der Waals surface area contributed by atoms with Crippen LogP contribution in [0.4, 0.5) is 0 Å². The summed E-state index contributed by atoms with van der Waals surface area (Å²) < 4.78 is 5.55. The minimum absolute atomic E-state index is 0.0375. The maximum atomic E-state index is 12.6. The van der Waals surface area contributed by atoms with E-state index in [9.17, 15) is 9.59 Å². The average Bonchev–Trinajstić information content (AvgIpc) is 2.65. The van der Waals surface area contributed by atoms with Gasteiger partial charge in [-0.2, -0.15) is 0 Å². The van der Waals surface area contributed by atoms with Crippen LogP contribution >= 0.6 is 0 Å².